The van der Waals surface area contributed by atoms with E-state index in [1.165, 1.54) is 16.7 Å². The molecule has 0 atom stereocenters. The minimum absolute atomic E-state index is 0.973. The van der Waals surface area contributed by atoms with E-state index in [0.717, 1.165) is 24.0 Å². The van der Waals surface area contributed by atoms with Gasteiger partial charge in [-0.1, -0.05) is 85.5 Å². The zero-order valence-corrected chi connectivity index (χ0v) is 15.6. The van der Waals surface area contributed by atoms with Crippen LogP contribution in [-0.4, -0.2) is 0 Å². The summed E-state index contributed by atoms with van der Waals surface area (Å²) in [6, 6.07) is 27.0. The predicted octanol–water partition coefficient (Wildman–Crippen LogP) is 6.27. The topological polar surface area (TPSA) is 0 Å². The Hall–Kier alpha value is -3.48. The maximum Gasteiger partial charge on any atom is 0.0255 e. The lowest BCUT2D eigenvalue weighted by Crippen LogP contribution is -1.81. The summed E-state index contributed by atoms with van der Waals surface area (Å²) in [6.07, 6.45) is 6.45. The average Bonchev–Trinajstić information content (AvgIpc) is 2.73. The highest BCUT2D eigenvalue weighted by Crippen LogP contribution is 2.18. The minimum atomic E-state index is 0.973. The van der Waals surface area contributed by atoms with E-state index in [1.807, 2.05) is 30.3 Å². The first-order valence-electron chi connectivity index (χ1n) is 9.26. The molecule has 0 aromatic heterocycles. The van der Waals surface area contributed by atoms with Gasteiger partial charge in [0.15, 0.2) is 0 Å². The van der Waals surface area contributed by atoms with Crippen molar-refractivity contribution in [3.05, 3.63) is 108 Å². The molecule has 0 bridgehead atoms. The maximum absolute atomic E-state index is 3.11. The third-order valence-electron chi connectivity index (χ3n) is 4.18. The van der Waals surface area contributed by atoms with Crippen LogP contribution in [0.3, 0.4) is 0 Å². The largest absolute Gasteiger partial charge is 0.0885 e. The van der Waals surface area contributed by atoms with Crippen LogP contribution in [0.4, 0.5) is 0 Å². The van der Waals surface area contributed by atoms with Crippen LogP contribution in [-0.2, 0) is 6.42 Å². The molecule has 0 heteroatoms. The monoisotopic (exact) mass is 346 g/mol. The summed E-state index contributed by atoms with van der Waals surface area (Å²) in [5.41, 5.74) is 5.68. The third-order valence-corrected chi connectivity index (χ3v) is 4.18. The van der Waals surface area contributed by atoms with Gasteiger partial charge in [0.1, 0.15) is 0 Å². The van der Waals surface area contributed by atoms with Crippen LogP contribution < -0.4 is 0 Å². The van der Waals surface area contributed by atoms with E-state index in [-0.39, 0.29) is 0 Å². The molecule has 3 rings (SSSR count). The van der Waals surface area contributed by atoms with Crippen molar-refractivity contribution in [3.8, 4) is 34.8 Å². The first kappa shape index (κ1) is 18.3. The Morgan fingerprint density at radius 3 is 1.78 bits per heavy atom. The number of hydrogen-bond donors (Lipinski definition) is 0. The molecule has 0 aliphatic carbocycles. The Morgan fingerprint density at radius 1 is 0.630 bits per heavy atom. The smallest absolute Gasteiger partial charge is 0.0255 e. The zero-order valence-electron chi connectivity index (χ0n) is 15.6. The van der Waals surface area contributed by atoms with Crippen molar-refractivity contribution >= 4 is 0 Å². The van der Waals surface area contributed by atoms with Gasteiger partial charge in [0.2, 0.25) is 0 Å². The second-order valence-corrected chi connectivity index (χ2v) is 6.22. The molecule has 0 amide bonds. The van der Waals surface area contributed by atoms with Gasteiger partial charge in [-0.15, -0.1) is 0 Å². The fourth-order valence-electron chi connectivity index (χ4n) is 2.69. The van der Waals surface area contributed by atoms with E-state index in [1.54, 1.807) is 0 Å². The Bertz CT molecular complexity index is 997. The minimum Gasteiger partial charge on any atom is -0.0885 e. The number of allylic oxidation sites excluding steroid dienone is 2. The summed E-state index contributed by atoms with van der Waals surface area (Å²) >= 11 is 0. The van der Waals surface area contributed by atoms with Gasteiger partial charge < -0.3 is 0 Å². The molecule has 3 aromatic rings. The Balaban J connectivity index is 1.61. The van der Waals surface area contributed by atoms with Gasteiger partial charge in [-0.2, -0.15) is 0 Å². The van der Waals surface area contributed by atoms with Crippen LogP contribution in [0.1, 0.15) is 30.0 Å². The van der Waals surface area contributed by atoms with Crippen molar-refractivity contribution in [2.75, 3.05) is 0 Å². The van der Waals surface area contributed by atoms with Gasteiger partial charge in [0, 0.05) is 11.1 Å². The van der Waals surface area contributed by atoms with Gasteiger partial charge in [0.25, 0.3) is 0 Å². The fraction of sp³-hybridized carbons (Fsp3) is 0.111. The average molecular weight is 346 g/mol. The van der Waals surface area contributed by atoms with Crippen LogP contribution in [0, 0.1) is 23.7 Å². The standard InChI is InChI=1S/C27H22/c1-2-3-5-10-23-15-17-24(18-16-23)11-8-9-12-25-19-21-27(22-20-25)26-13-6-4-7-14-26/h3-7,13-22H,2,10H2,1H3/b5-3+. The first-order valence-corrected chi connectivity index (χ1v) is 9.26. The summed E-state index contributed by atoms with van der Waals surface area (Å²) in [5.74, 6) is 12.1. The molecule has 27 heavy (non-hydrogen) atoms. The van der Waals surface area contributed by atoms with Gasteiger partial charge in [-0.25, -0.2) is 0 Å². The molecular formula is C27H22. The second-order valence-electron chi connectivity index (χ2n) is 6.22. The number of rotatable bonds is 4. The SMILES string of the molecule is CC/C=C/Cc1ccc(C#CC#Cc2ccc(-c3ccccc3)cc2)cc1. The highest BCUT2D eigenvalue weighted by Gasteiger charge is 1.95. The Kier molecular flexibility index (Phi) is 6.69. The van der Waals surface area contributed by atoms with Crippen molar-refractivity contribution in [1.82, 2.24) is 0 Å². The molecule has 0 heterocycles. The lowest BCUT2D eigenvalue weighted by Gasteiger charge is -2.00. The van der Waals surface area contributed by atoms with Crippen LogP contribution >= 0.6 is 0 Å². The highest BCUT2D eigenvalue weighted by molar-refractivity contribution is 5.64. The molecule has 0 radical (unpaired) electrons. The van der Waals surface area contributed by atoms with E-state index >= 15 is 0 Å². The maximum atomic E-state index is 3.11. The molecule has 3 aromatic carbocycles. The number of benzene rings is 3. The second kappa shape index (κ2) is 9.86. The van der Waals surface area contributed by atoms with E-state index in [2.05, 4.69) is 91.3 Å². The molecule has 0 aliphatic heterocycles. The van der Waals surface area contributed by atoms with E-state index < -0.39 is 0 Å². The van der Waals surface area contributed by atoms with Gasteiger partial charge in [-0.05, 0) is 65.6 Å². The normalized spacial score (nSPS) is 9.96. The molecule has 0 aliphatic rings. The molecule has 0 unspecified atom stereocenters. The zero-order chi connectivity index (χ0) is 18.7. The van der Waals surface area contributed by atoms with Gasteiger partial charge in [-0.3, -0.25) is 0 Å². The summed E-state index contributed by atoms with van der Waals surface area (Å²) in [6.45, 7) is 2.15. The van der Waals surface area contributed by atoms with E-state index in [9.17, 15) is 0 Å². The predicted molar refractivity (Wildman–Crippen MR) is 115 cm³/mol. The fourth-order valence-corrected chi connectivity index (χ4v) is 2.69. The van der Waals surface area contributed by atoms with Crippen LogP contribution in [0.5, 0.6) is 0 Å². The molecule has 0 N–H and O–H groups in total. The van der Waals surface area contributed by atoms with Crippen LogP contribution in [0.25, 0.3) is 11.1 Å². The Labute approximate surface area is 162 Å². The van der Waals surface area contributed by atoms with E-state index in [4.69, 9.17) is 0 Å². The molecule has 0 saturated heterocycles. The summed E-state index contributed by atoms with van der Waals surface area (Å²) in [7, 11) is 0. The molecule has 0 saturated carbocycles. The quantitative estimate of drug-likeness (QED) is 0.386. The van der Waals surface area contributed by atoms with Gasteiger partial charge >= 0.3 is 0 Å². The summed E-state index contributed by atoms with van der Waals surface area (Å²) in [5, 5.41) is 0. The molecule has 0 spiro atoms. The highest BCUT2D eigenvalue weighted by atomic mass is 14.0. The van der Waals surface area contributed by atoms with Gasteiger partial charge in [0.05, 0.1) is 0 Å². The van der Waals surface area contributed by atoms with Crippen molar-refractivity contribution in [2.24, 2.45) is 0 Å². The molecular weight excluding hydrogens is 324 g/mol. The van der Waals surface area contributed by atoms with Crippen molar-refractivity contribution in [1.29, 1.82) is 0 Å². The Morgan fingerprint density at radius 2 is 1.19 bits per heavy atom. The molecule has 130 valence electrons. The van der Waals surface area contributed by atoms with Crippen LogP contribution in [0.2, 0.25) is 0 Å². The van der Waals surface area contributed by atoms with Crippen molar-refractivity contribution in [2.45, 2.75) is 19.8 Å². The first-order chi connectivity index (χ1) is 13.3. The van der Waals surface area contributed by atoms with Crippen LogP contribution in [0.15, 0.2) is 91.0 Å². The molecule has 0 fully saturated rings. The molecule has 0 nitrogen and oxygen atoms in total. The van der Waals surface area contributed by atoms with Crippen molar-refractivity contribution < 1.29 is 0 Å². The van der Waals surface area contributed by atoms with E-state index in [0.29, 0.717) is 0 Å². The van der Waals surface area contributed by atoms with Crippen molar-refractivity contribution in [3.63, 3.8) is 0 Å². The number of hydrogen-bond acceptors (Lipinski definition) is 0. The summed E-state index contributed by atoms with van der Waals surface area (Å²) < 4.78 is 0. The third kappa shape index (κ3) is 5.78. The lowest BCUT2D eigenvalue weighted by molar-refractivity contribution is 1.18. The lowest BCUT2D eigenvalue weighted by atomic mass is 10.0. The summed E-state index contributed by atoms with van der Waals surface area (Å²) in [4.78, 5) is 0.